The number of hydrogen-bond donors (Lipinski definition) is 1. The summed E-state index contributed by atoms with van der Waals surface area (Å²) in [5.74, 6) is -0.879. The average Bonchev–Trinajstić information content (AvgIpc) is 2.87. The number of nitrogens with zero attached hydrogens (tertiary/aromatic N) is 1. The lowest BCUT2D eigenvalue weighted by Crippen LogP contribution is -2.22. The van der Waals surface area contributed by atoms with Gasteiger partial charge in [0.15, 0.2) is 6.61 Å². The molecule has 0 saturated heterocycles. The van der Waals surface area contributed by atoms with Crippen molar-refractivity contribution in [1.29, 1.82) is 0 Å². The van der Waals surface area contributed by atoms with E-state index in [4.69, 9.17) is 9.72 Å². The Kier molecular flexibility index (Phi) is 6.17. The van der Waals surface area contributed by atoms with E-state index < -0.39 is 5.97 Å². The van der Waals surface area contributed by atoms with E-state index in [1.165, 1.54) is 0 Å². The quantitative estimate of drug-likeness (QED) is 0.386. The summed E-state index contributed by atoms with van der Waals surface area (Å²) >= 11 is 0. The van der Waals surface area contributed by atoms with Gasteiger partial charge in [0, 0.05) is 11.1 Å². The second-order valence-corrected chi connectivity index (χ2v) is 8.26. The van der Waals surface area contributed by atoms with Gasteiger partial charge in [0.2, 0.25) is 0 Å². The molecule has 1 aliphatic carbocycles. The highest BCUT2D eigenvalue weighted by Crippen LogP contribution is 2.36. The second-order valence-electron chi connectivity index (χ2n) is 8.26. The van der Waals surface area contributed by atoms with Crippen molar-refractivity contribution in [3.8, 4) is 0 Å². The molecule has 1 aliphatic rings. The molecule has 0 fully saturated rings. The zero-order valence-corrected chi connectivity index (χ0v) is 18.7. The van der Waals surface area contributed by atoms with E-state index in [1.54, 1.807) is 12.1 Å². The Labute approximate surface area is 198 Å². The first kappa shape index (κ1) is 21.6. The minimum absolute atomic E-state index is 0.355. The molecule has 0 unspecified atom stereocenters. The van der Waals surface area contributed by atoms with Gasteiger partial charge in [-0.25, -0.2) is 9.78 Å². The lowest BCUT2D eigenvalue weighted by atomic mass is 9.86. The fraction of sp³-hybridized carbons (Fsp3) is 0.138. The number of rotatable bonds is 5. The number of aromatic nitrogens is 1. The van der Waals surface area contributed by atoms with Crippen LogP contribution in [-0.4, -0.2) is 23.5 Å². The van der Waals surface area contributed by atoms with E-state index >= 15 is 0 Å². The molecule has 1 aromatic heterocycles. The molecule has 0 spiro atoms. The Bertz CT molecular complexity index is 1380. The molecule has 1 N–H and O–H groups in total. The molecule has 34 heavy (non-hydrogen) atoms. The number of carbonyl (C=O) groups is 2. The zero-order chi connectivity index (χ0) is 23.3. The Morgan fingerprint density at radius 3 is 2.38 bits per heavy atom. The van der Waals surface area contributed by atoms with E-state index in [0.717, 1.165) is 52.6 Å². The van der Waals surface area contributed by atoms with Gasteiger partial charge >= 0.3 is 5.97 Å². The topological polar surface area (TPSA) is 68.3 Å². The molecule has 1 amide bonds. The summed E-state index contributed by atoms with van der Waals surface area (Å²) in [6.45, 7) is -0.355. The van der Waals surface area contributed by atoms with Crippen LogP contribution in [0.4, 0.5) is 5.69 Å². The number of anilines is 1. The van der Waals surface area contributed by atoms with Crippen LogP contribution in [0.25, 0.3) is 22.6 Å². The number of esters is 1. The Balaban J connectivity index is 1.47. The third-order valence-corrected chi connectivity index (χ3v) is 5.91. The second kappa shape index (κ2) is 9.71. The molecule has 3 aromatic carbocycles. The summed E-state index contributed by atoms with van der Waals surface area (Å²) < 4.78 is 5.49. The van der Waals surface area contributed by atoms with Gasteiger partial charge in [0.1, 0.15) is 0 Å². The van der Waals surface area contributed by atoms with Crippen molar-refractivity contribution < 1.29 is 14.3 Å². The number of para-hydroxylation sites is 2. The largest absolute Gasteiger partial charge is 0.452 e. The average molecular weight is 449 g/mol. The zero-order valence-electron chi connectivity index (χ0n) is 18.7. The third kappa shape index (κ3) is 4.59. The number of benzene rings is 3. The first-order valence-corrected chi connectivity index (χ1v) is 11.4. The molecular formula is C29H24N2O3. The molecule has 0 saturated carbocycles. The number of nitrogens with one attached hydrogen (secondary N) is 1. The maximum Gasteiger partial charge on any atom is 0.339 e. The van der Waals surface area contributed by atoms with Crippen molar-refractivity contribution in [2.75, 3.05) is 11.9 Å². The predicted molar refractivity (Wildman–Crippen MR) is 134 cm³/mol. The molecule has 5 nitrogen and oxygen atoms in total. The minimum atomic E-state index is -0.501. The molecule has 0 bridgehead atoms. The smallest absolute Gasteiger partial charge is 0.339 e. The molecule has 0 aliphatic heterocycles. The maximum absolute atomic E-state index is 13.3. The first-order valence-electron chi connectivity index (χ1n) is 11.4. The van der Waals surface area contributed by atoms with E-state index in [2.05, 4.69) is 23.5 Å². The monoisotopic (exact) mass is 448 g/mol. The molecular weight excluding hydrogens is 424 g/mol. The number of pyridine rings is 1. The van der Waals surface area contributed by atoms with Crippen molar-refractivity contribution in [3.63, 3.8) is 0 Å². The third-order valence-electron chi connectivity index (χ3n) is 5.91. The van der Waals surface area contributed by atoms with Crippen molar-refractivity contribution in [2.24, 2.45) is 0 Å². The number of hydrogen-bond acceptors (Lipinski definition) is 4. The molecule has 168 valence electrons. The van der Waals surface area contributed by atoms with Gasteiger partial charge in [0.25, 0.3) is 5.91 Å². The van der Waals surface area contributed by atoms with Gasteiger partial charge in [-0.1, -0.05) is 66.7 Å². The highest BCUT2D eigenvalue weighted by molar-refractivity contribution is 6.07. The van der Waals surface area contributed by atoms with E-state index in [0.29, 0.717) is 11.3 Å². The molecule has 5 heteroatoms. The lowest BCUT2D eigenvalue weighted by Gasteiger charge is -2.22. The molecule has 0 atom stereocenters. The normalized spacial score (nSPS) is 13.9. The summed E-state index contributed by atoms with van der Waals surface area (Å²) in [5.41, 5.74) is 5.84. The Morgan fingerprint density at radius 2 is 1.59 bits per heavy atom. The Hall–Kier alpha value is -4.25. The molecule has 5 rings (SSSR count). The number of carbonyl (C=O) groups excluding carboxylic acids is 2. The highest BCUT2D eigenvalue weighted by Gasteiger charge is 2.26. The van der Waals surface area contributed by atoms with Gasteiger partial charge < -0.3 is 10.1 Å². The van der Waals surface area contributed by atoms with Gasteiger partial charge in [0.05, 0.1) is 16.8 Å². The van der Waals surface area contributed by atoms with Crippen molar-refractivity contribution in [3.05, 3.63) is 107 Å². The minimum Gasteiger partial charge on any atom is -0.452 e. The maximum atomic E-state index is 13.3. The highest BCUT2D eigenvalue weighted by atomic mass is 16.5. The number of allylic oxidation sites excluding steroid dienone is 1. The summed E-state index contributed by atoms with van der Waals surface area (Å²) in [5, 5.41) is 3.49. The van der Waals surface area contributed by atoms with Crippen LogP contribution in [-0.2, 0) is 16.0 Å². The van der Waals surface area contributed by atoms with E-state index in [1.807, 2.05) is 60.7 Å². The Morgan fingerprint density at radius 1 is 0.882 bits per heavy atom. The first-order chi connectivity index (χ1) is 16.7. The van der Waals surface area contributed by atoms with Gasteiger partial charge in [-0.3, -0.25) is 4.79 Å². The standard InChI is InChI=1S/C29H24N2O3/c32-26(30-22-13-5-2-6-14-22)19-34-29(33)27-23-15-7-8-17-25(23)31-28-21(12-9-16-24(27)28)18-20-10-3-1-4-11-20/h1-8,10-11,13-15,17-18H,9,12,16,19H2,(H,30,32)/b21-18+. The fourth-order valence-electron chi connectivity index (χ4n) is 4.38. The number of amides is 1. The summed E-state index contributed by atoms with van der Waals surface area (Å²) in [7, 11) is 0. The van der Waals surface area contributed by atoms with Crippen LogP contribution in [0, 0.1) is 0 Å². The summed E-state index contributed by atoms with van der Waals surface area (Å²) in [6.07, 6.45) is 4.68. The predicted octanol–water partition coefficient (Wildman–Crippen LogP) is 5.91. The van der Waals surface area contributed by atoms with Gasteiger partial charge in [-0.15, -0.1) is 0 Å². The number of ether oxygens (including phenoxy) is 1. The van der Waals surface area contributed by atoms with Crippen molar-refractivity contribution in [2.45, 2.75) is 19.3 Å². The fourth-order valence-corrected chi connectivity index (χ4v) is 4.38. The lowest BCUT2D eigenvalue weighted by molar-refractivity contribution is -0.119. The van der Waals surface area contributed by atoms with Crippen LogP contribution in [0.5, 0.6) is 0 Å². The van der Waals surface area contributed by atoms with Gasteiger partial charge in [-0.2, -0.15) is 0 Å². The van der Waals surface area contributed by atoms with Crippen LogP contribution in [0.3, 0.4) is 0 Å². The molecule has 0 radical (unpaired) electrons. The van der Waals surface area contributed by atoms with E-state index in [-0.39, 0.29) is 12.5 Å². The SMILES string of the molecule is O=C(COC(=O)c1c2c(nc3ccccc13)/C(=C/c1ccccc1)CCC2)Nc1ccccc1. The summed E-state index contributed by atoms with van der Waals surface area (Å²) in [6, 6.07) is 26.8. The van der Waals surface area contributed by atoms with Crippen molar-refractivity contribution in [1.82, 2.24) is 4.98 Å². The van der Waals surface area contributed by atoms with Crippen LogP contribution in [0.2, 0.25) is 0 Å². The molecule has 4 aromatic rings. The molecule has 1 heterocycles. The number of fused-ring (bicyclic) bond motifs is 2. The van der Waals surface area contributed by atoms with Crippen LogP contribution in [0.15, 0.2) is 84.9 Å². The van der Waals surface area contributed by atoms with E-state index in [9.17, 15) is 9.59 Å². The summed E-state index contributed by atoms with van der Waals surface area (Å²) in [4.78, 5) is 30.6. The van der Waals surface area contributed by atoms with Crippen molar-refractivity contribution >= 4 is 40.1 Å². The van der Waals surface area contributed by atoms with Crippen LogP contribution < -0.4 is 5.32 Å². The van der Waals surface area contributed by atoms with Gasteiger partial charge in [-0.05, 0) is 60.2 Å². The van der Waals surface area contributed by atoms with Crippen LogP contribution >= 0.6 is 0 Å². The van der Waals surface area contributed by atoms with Crippen LogP contribution in [0.1, 0.15) is 40.0 Å².